The predicted molar refractivity (Wildman–Crippen MR) is 66.6 cm³/mol. The van der Waals surface area contributed by atoms with Crippen LogP contribution in [0.5, 0.6) is 0 Å². The molecular weight excluding hydrogens is 180 g/mol. The minimum absolute atomic E-state index is 0. The van der Waals surface area contributed by atoms with Crippen LogP contribution in [0.3, 0.4) is 0 Å². The van der Waals surface area contributed by atoms with Crippen molar-refractivity contribution in [1.29, 1.82) is 0 Å². The van der Waals surface area contributed by atoms with Crippen molar-refractivity contribution in [2.24, 2.45) is 0 Å². The smallest absolute Gasteiger partial charge is 0.305 e. The van der Waals surface area contributed by atoms with Crippen LogP contribution in [-0.2, 0) is 9.53 Å². The largest absolute Gasteiger partial charge is 0.469 e. The number of carbonyl (C=O) groups is 1. The Balaban J connectivity index is -0.0000000175. The van der Waals surface area contributed by atoms with Gasteiger partial charge in [-0.25, -0.2) is 0 Å². The third kappa shape index (κ3) is 106. The molecule has 0 fully saturated rings. The van der Waals surface area contributed by atoms with Crippen molar-refractivity contribution >= 4 is 5.97 Å². The van der Waals surface area contributed by atoms with E-state index in [-0.39, 0.29) is 20.8 Å². The Labute approximate surface area is 91.5 Å². The summed E-state index contributed by atoms with van der Waals surface area (Å²) in [6, 6.07) is 0. The molecule has 0 unspecified atom stereocenters. The lowest BCUT2D eigenvalue weighted by Gasteiger charge is -1.87. The molecular formula is C11H32O3. The predicted octanol–water partition coefficient (Wildman–Crippen LogP) is 3.50. The maximum Gasteiger partial charge on any atom is 0.305 e. The van der Waals surface area contributed by atoms with Crippen molar-refractivity contribution in [3.05, 3.63) is 0 Å². The summed E-state index contributed by atoms with van der Waals surface area (Å²) in [6.07, 6.45) is 0.469. The van der Waals surface area contributed by atoms with Gasteiger partial charge in [0.15, 0.2) is 0 Å². The van der Waals surface area contributed by atoms with Crippen LogP contribution in [0.4, 0.5) is 0 Å². The quantitative estimate of drug-likeness (QED) is 0.677. The molecule has 0 aromatic carbocycles. The zero-order valence-corrected chi connectivity index (χ0v) is 9.47. The number of aliphatic hydroxyl groups excluding tert-OH is 1. The molecule has 0 spiro atoms. The Hall–Kier alpha value is -0.570. The Morgan fingerprint density at radius 3 is 1.29 bits per heavy atom. The first kappa shape index (κ1) is 37.6. The number of ether oxygens (including phenoxy) is 1. The molecule has 0 rings (SSSR count). The first-order chi connectivity index (χ1) is 5.81. The number of aliphatic hydroxyl groups is 1. The third-order valence-electron chi connectivity index (χ3n) is 0.516. The Morgan fingerprint density at radius 2 is 1.29 bits per heavy atom. The van der Waals surface area contributed by atoms with Gasteiger partial charge in [-0.3, -0.25) is 4.79 Å². The van der Waals surface area contributed by atoms with E-state index in [0.717, 1.165) is 7.11 Å². The fraction of sp³-hybridized carbons (Fsp3) is 0.909. The molecule has 0 aliphatic rings. The maximum absolute atomic E-state index is 9.96. The van der Waals surface area contributed by atoms with E-state index in [1.165, 1.54) is 7.11 Å². The van der Waals surface area contributed by atoms with Gasteiger partial charge in [0, 0.05) is 13.5 Å². The second kappa shape index (κ2) is 82.7. The molecule has 0 atom stereocenters. The lowest BCUT2D eigenvalue weighted by molar-refractivity contribution is -0.140. The standard InChI is InChI=1S/C4H8O2.2C2H6.CH4O.2CH4/c1-3-4(5)6-2;3*1-2;;/h3H2,1-2H3;2*1-2H3;2H,1H3;2*1H4. The lowest BCUT2D eigenvalue weighted by atomic mass is 10.5. The topological polar surface area (TPSA) is 46.5 Å². The van der Waals surface area contributed by atoms with Gasteiger partial charge in [0.05, 0.1) is 7.11 Å². The zero-order valence-electron chi connectivity index (χ0n) is 9.47. The minimum atomic E-state index is -0.157. The average Bonchev–Trinajstić information content (AvgIpc) is 2.25. The molecule has 0 radical (unpaired) electrons. The van der Waals surface area contributed by atoms with Gasteiger partial charge in [-0.2, -0.15) is 0 Å². The Bertz CT molecular complexity index is 48.5. The summed E-state index contributed by atoms with van der Waals surface area (Å²) in [5.41, 5.74) is 0. The van der Waals surface area contributed by atoms with Crippen LogP contribution in [0.1, 0.15) is 55.9 Å². The number of hydrogen-bond donors (Lipinski definition) is 1. The van der Waals surface area contributed by atoms with Crippen LogP contribution in [0.15, 0.2) is 0 Å². The van der Waals surface area contributed by atoms with Gasteiger partial charge in [0.1, 0.15) is 0 Å². The van der Waals surface area contributed by atoms with Crippen LogP contribution < -0.4 is 0 Å². The molecule has 3 heteroatoms. The summed E-state index contributed by atoms with van der Waals surface area (Å²) >= 11 is 0. The van der Waals surface area contributed by atoms with Gasteiger partial charge in [-0.15, -0.1) is 0 Å². The molecule has 0 amide bonds. The van der Waals surface area contributed by atoms with Crippen molar-refractivity contribution in [3.63, 3.8) is 0 Å². The van der Waals surface area contributed by atoms with E-state index in [1.54, 1.807) is 6.92 Å². The van der Waals surface area contributed by atoms with Gasteiger partial charge in [-0.05, 0) is 0 Å². The van der Waals surface area contributed by atoms with Gasteiger partial charge >= 0.3 is 5.97 Å². The van der Waals surface area contributed by atoms with Gasteiger partial charge in [0.25, 0.3) is 0 Å². The summed E-state index contributed by atoms with van der Waals surface area (Å²) in [4.78, 5) is 9.96. The van der Waals surface area contributed by atoms with Gasteiger partial charge in [0.2, 0.25) is 0 Å². The monoisotopic (exact) mass is 212 g/mol. The molecule has 0 aliphatic heterocycles. The molecule has 0 saturated heterocycles. The summed E-state index contributed by atoms with van der Waals surface area (Å²) in [7, 11) is 2.38. The van der Waals surface area contributed by atoms with Crippen LogP contribution in [0, 0.1) is 0 Å². The molecule has 0 saturated carbocycles. The van der Waals surface area contributed by atoms with E-state index in [1.807, 2.05) is 27.7 Å². The molecule has 14 heavy (non-hydrogen) atoms. The highest BCUT2D eigenvalue weighted by Crippen LogP contribution is 1.76. The average molecular weight is 212 g/mol. The van der Waals surface area contributed by atoms with Crippen molar-refractivity contribution in [2.75, 3.05) is 14.2 Å². The van der Waals surface area contributed by atoms with Crippen molar-refractivity contribution in [1.82, 2.24) is 0 Å². The number of methoxy groups -OCH3 is 1. The second-order valence-corrected chi connectivity index (χ2v) is 0.930. The number of esters is 1. The molecule has 0 aromatic rings. The number of carbonyl (C=O) groups excluding carboxylic acids is 1. The van der Waals surface area contributed by atoms with E-state index in [4.69, 9.17) is 5.11 Å². The van der Waals surface area contributed by atoms with E-state index < -0.39 is 0 Å². The number of hydrogen-bond acceptors (Lipinski definition) is 3. The summed E-state index contributed by atoms with van der Waals surface area (Å²) in [5, 5.41) is 7.00. The SMILES string of the molecule is C.C.CC.CC.CCC(=O)OC.CO. The summed E-state index contributed by atoms with van der Waals surface area (Å²) < 4.78 is 4.26. The molecule has 3 nitrogen and oxygen atoms in total. The molecule has 94 valence electrons. The zero-order chi connectivity index (χ0) is 11.0. The molecule has 0 bridgehead atoms. The van der Waals surface area contributed by atoms with Crippen LogP contribution >= 0.6 is 0 Å². The number of rotatable bonds is 1. The Morgan fingerprint density at radius 1 is 1.07 bits per heavy atom. The summed E-state index contributed by atoms with van der Waals surface area (Å²) in [6.45, 7) is 9.76. The summed E-state index contributed by atoms with van der Waals surface area (Å²) in [5.74, 6) is -0.157. The Kier molecular flexibility index (Phi) is 222. The van der Waals surface area contributed by atoms with E-state index in [0.29, 0.717) is 6.42 Å². The van der Waals surface area contributed by atoms with Crippen LogP contribution in [0.25, 0.3) is 0 Å². The maximum atomic E-state index is 9.96. The normalized spacial score (nSPS) is 4.57. The molecule has 0 aromatic heterocycles. The fourth-order valence-electron chi connectivity index (χ4n) is 0.144. The highest BCUT2D eigenvalue weighted by molar-refractivity contribution is 5.68. The van der Waals surface area contributed by atoms with E-state index in [2.05, 4.69) is 4.74 Å². The molecule has 0 aliphatic carbocycles. The van der Waals surface area contributed by atoms with Crippen LogP contribution in [-0.4, -0.2) is 25.3 Å². The second-order valence-electron chi connectivity index (χ2n) is 0.930. The fourth-order valence-corrected chi connectivity index (χ4v) is 0.144. The minimum Gasteiger partial charge on any atom is -0.469 e. The van der Waals surface area contributed by atoms with Gasteiger partial charge < -0.3 is 9.84 Å². The van der Waals surface area contributed by atoms with Gasteiger partial charge in [-0.1, -0.05) is 49.5 Å². The van der Waals surface area contributed by atoms with E-state index in [9.17, 15) is 4.79 Å². The van der Waals surface area contributed by atoms with E-state index >= 15 is 0 Å². The first-order valence-electron chi connectivity index (χ1n) is 4.32. The highest BCUT2D eigenvalue weighted by Gasteiger charge is 1.87. The highest BCUT2D eigenvalue weighted by atomic mass is 16.5. The lowest BCUT2D eigenvalue weighted by Crippen LogP contribution is -1.94. The first-order valence-corrected chi connectivity index (χ1v) is 4.32. The third-order valence-corrected chi connectivity index (χ3v) is 0.516. The van der Waals surface area contributed by atoms with Crippen molar-refractivity contribution < 1.29 is 14.6 Å². The van der Waals surface area contributed by atoms with Crippen molar-refractivity contribution in [2.45, 2.75) is 55.9 Å². The van der Waals surface area contributed by atoms with Crippen molar-refractivity contribution in [3.8, 4) is 0 Å². The molecule has 1 N–H and O–H groups in total. The molecule has 0 heterocycles. The van der Waals surface area contributed by atoms with Crippen LogP contribution in [0.2, 0.25) is 0 Å².